The number of nitriles is 1. The molecule has 2 saturated carbocycles. The van der Waals surface area contributed by atoms with Gasteiger partial charge in [-0.05, 0) is 50.4 Å². The normalized spacial score (nSPS) is 32.2. The summed E-state index contributed by atoms with van der Waals surface area (Å²) in [7, 11) is 0. The number of carbonyl (C=O) groups excluding carboxylic acids is 2. The Kier molecular flexibility index (Phi) is 8.87. The highest BCUT2D eigenvalue weighted by Gasteiger charge is 2.44. The Morgan fingerprint density at radius 1 is 1.06 bits per heavy atom. The zero-order chi connectivity index (χ0) is 24.0. The summed E-state index contributed by atoms with van der Waals surface area (Å²) in [6.07, 6.45) is 12.6. The minimum absolute atomic E-state index is 0.0506. The zero-order valence-corrected chi connectivity index (χ0v) is 21.1. The second kappa shape index (κ2) is 11.9. The Labute approximate surface area is 205 Å². The lowest BCUT2D eigenvalue weighted by molar-refractivity contribution is -0.140. The minimum Gasteiger partial charge on any atom is -0.378 e. The summed E-state index contributed by atoms with van der Waals surface area (Å²) in [5.41, 5.74) is -0.826. The van der Waals surface area contributed by atoms with E-state index in [1.165, 1.54) is 44.9 Å². The van der Waals surface area contributed by atoms with Crippen molar-refractivity contribution in [3.8, 4) is 6.07 Å². The van der Waals surface area contributed by atoms with E-state index in [4.69, 9.17) is 4.74 Å². The van der Waals surface area contributed by atoms with Crippen LogP contribution in [0.5, 0.6) is 0 Å². The predicted molar refractivity (Wildman–Crippen MR) is 131 cm³/mol. The topological polar surface area (TPSA) is 85.7 Å². The maximum absolute atomic E-state index is 13.6. The molecule has 0 spiro atoms. The van der Waals surface area contributed by atoms with Crippen LogP contribution in [0.2, 0.25) is 0 Å². The van der Waals surface area contributed by atoms with Crippen molar-refractivity contribution in [1.29, 1.82) is 5.26 Å². The lowest BCUT2D eigenvalue weighted by Gasteiger charge is -2.35. The van der Waals surface area contributed by atoms with Gasteiger partial charge in [-0.2, -0.15) is 5.26 Å². The van der Waals surface area contributed by atoms with Crippen LogP contribution in [0.15, 0.2) is 0 Å². The van der Waals surface area contributed by atoms with Gasteiger partial charge < -0.3 is 15.0 Å². The number of nitrogens with one attached hydrogen (secondary N) is 1. The van der Waals surface area contributed by atoms with E-state index in [2.05, 4.69) is 23.2 Å². The number of hydrogen-bond acceptors (Lipinski definition) is 5. The van der Waals surface area contributed by atoms with Crippen molar-refractivity contribution in [3.63, 3.8) is 0 Å². The minimum atomic E-state index is -0.826. The molecule has 2 unspecified atom stereocenters. The van der Waals surface area contributed by atoms with Crippen LogP contribution >= 0.6 is 0 Å². The van der Waals surface area contributed by atoms with Gasteiger partial charge in [0.15, 0.2) is 0 Å². The van der Waals surface area contributed by atoms with E-state index in [0.717, 1.165) is 31.7 Å². The quantitative estimate of drug-likeness (QED) is 0.613. The van der Waals surface area contributed by atoms with E-state index < -0.39 is 5.54 Å². The average Bonchev–Trinajstić information content (AvgIpc) is 3.29. The second-order valence-corrected chi connectivity index (χ2v) is 11.5. The summed E-state index contributed by atoms with van der Waals surface area (Å²) in [6, 6.07) is 3.01. The van der Waals surface area contributed by atoms with Gasteiger partial charge in [0.2, 0.25) is 11.8 Å². The Hall–Kier alpha value is -1.65. The molecule has 2 saturated heterocycles. The first-order chi connectivity index (χ1) is 16.5. The van der Waals surface area contributed by atoms with Gasteiger partial charge >= 0.3 is 0 Å². The lowest BCUT2D eigenvalue weighted by atomic mass is 9.81. The largest absolute Gasteiger partial charge is 0.378 e. The van der Waals surface area contributed by atoms with Gasteiger partial charge in [-0.3, -0.25) is 14.5 Å². The van der Waals surface area contributed by atoms with Gasteiger partial charge in [0.25, 0.3) is 0 Å². The molecular formula is C27H44N4O3. The van der Waals surface area contributed by atoms with Crippen LogP contribution in [0.4, 0.5) is 0 Å². The molecule has 1 N–H and O–H groups in total. The van der Waals surface area contributed by atoms with E-state index in [1.54, 1.807) is 0 Å². The monoisotopic (exact) mass is 472 g/mol. The fourth-order valence-electron chi connectivity index (χ4n) is 6.58. The van der Waals surface area contributed by atoms with Crippen LogP contribution in [0.25, 0.3) is 0 Å². The van der Waals surface area contributed by atoms with Gasteiger partial charge in [0, 0.05) is 44.6 Å². The molecule has 0 aromatic carbocycles. The predicted octanol–water partition coefficient (Wildman–Crippen LogP) is 3.48. The maximum Gasteiger partial charge on any atom is 0.224 e. The van der Waals surface area contributed by atoms with E-state index in [0.29, 0.717) is 51.2 Å². The molecule has 2 aliphatic carbocycles. The SMILES string of the molecule is CC1CCC(N2CCC(C#N)(NC(=O)C(CC(=O)N3CCOCC3)CC3CCCCC3)C2)CC1. The standard InChI is InChI=1S/C27H44N4O3/c1-21-7-9-24(10-8-21)31-12-11-27(19-28,20-31)29-26(33)23(17-22-5-3-2-4-6-22)18-25(32)30-13-15-34-16-14-30/h21-24H,2-18,20H2,1H3,(H,29,33). The number of morpholine rings is 1. The van der Waals surface area contributed by atoms with E-state index in [9.17, 15) is 14.9 Å². The van der Waals surface area contributed by atoms with Crippen molar-refractivity contribution >= 4 is 11.8 Å². The van der Waals surface area contributed by atoms with E-state index in [1.807, 2.05) is 4.90 Å². The Bertz CT molecular complexity index is 733. The first-order valence-electron chi connectivity index (χ1n) is 13.8. The molecule has 34 heavy (non-hydrogen) atoms. The summed E-state index contributed by atoms with van der Waals surface area (Å²) in [4.78, 5) is 30.9. The van der Waals surface area contributed by atoms with Crippen molar-refractivity contribution in [1.82, 2.24) is 15.1 Å². The molecule has 0 aromatic rings. The Balaban J connectivity index is 1.39. The molecule has 0 aromatic heterocycles. The first-order valence-corrected chi connectivity index (χ1v) is 13.8. The van der Waals surface area contributed by atoms with Crippen molar-refractivity contribution < 1.29 is 14.3 Å². The molecule has 2 amide bonds. The molecule has 4 fully saturated rings. The molecule has 2 atom stereocenters. The summed E-state index contributed by atoms with van der Waals surface area (Å²) in [5, 5.41) is 13.3. The smallest absolute Gasteiger partial charge is 0.224 e. The van der Waals surface area contributed by atoms with Crippen molar-refractivity contribution in [2.24, 2.45) is 17.8 Å². The summed E-state index contributed by atoms with van der Waals surface area (Å²) < 4.78 is 5.39. The highest BCUT2D eigenvalue weighted by atomic mass is 16.5. The molecule has 2 aliphatic heterocycles. The number of ether oxygens (including phenoxy) is 1. The van der Waals surface area contributed by atoms with Crippen LogP contribution in [0.3, 0.4) is 0 Å². The number of likely N-dealkylation sites (tertiary alicyclic amines) is 1. The first kappa shape index (κ1) is 25.4. The highest BCUT2D eigenvalue weighted by molar-refractivity contribution is 5.86. The summed E-state index contributed by atoms with van der Waals surface area (Å²) in [6.45, 7) is 6.15. The van der Waals surface area contributed by atoms with Crippen LogP contribution in [0, 0.1) is 29.1 Å². The number of hydrogen-bond donors (Lipinski definition) is 1. The number of amides is 2. The third-order valence-corrected chi connectivity index (χ3v) is 8.88. The second-order valence-electron chi connectivity index (χ2n) is 11.5. The molecular weight excluding hydrogens is 428 g/mol. The molecule has 4 rings (SSSR count). The van der Waals surface area contributed by atoms with Crippen LogP contribution < -0.4 is 5.32 Å². The van der Waals surface area contributed by atoms with Crippen molar-refractivity contribution in [3.05, 3.63) is 0 Å². The number of nitrogens with zero attached hydrogens (tertiary/aromatic N) is 3. The van der Waals surface area contributed by atoms with Gasteiger partial charge in [0.1, 0.15) is 5.54 Å². The molecule has 0 radical (unpaired) electrons. The Morgan fingerprint density at radius 2 is 1.76 bits per heavy atom. The molecule has 0 bridgehead atoms. The zero-order valence-electron chi connectivity index (χ0n) is 21.1. The highest BCUT2D eigenvalue weighted by Crippen LogP contribution is 2.34. The number of rotatable bonds is 7. The van der Waals surface area contributed by atoms with Gasteiger partial charge in [-0.15, -0.1) is 0 Å². The van der Waals surface area contributed by atoms with Crippen LogP contribution in [0.1, 0.15) is 84.0 Å². The summed E-state index contributed by atoms with van der Waals surface area (Å²) in [5.74, 6) is 0.906. The third kappa shape index (κ3) is 6.51. The fraction of sp³-hybridized carbons (Fsp3) is 0.889. The maximum atomic E-state index is 13.6. The average molecular weight is 473 g/mol. The lowest BCUT2D eigenvalue weighted by Crippen LogP contribution is -2.53. The van der Waals surface area contributed by atoms with Gasteiger partial charge in [-0.25, -0.2) is 0 Å². The fourth-order valence-corrected chi connectivity index (χ4v) is 6.58. The third-order valence-electron chi connectivity index (χ3n) is 8.88. The molecule has 7 heteroatoms. The van der Waals surface area contributed by atoms with E-state index in [-0.39, 0.29) is 24.2 Å². The van der Waals surface area contributed by atoms with Crippen molar-refractivity contribution in [2.75, 3.05) is 39.4 Å². The van der Waals surface area contributed by atoms with E-state index >= 15 is 0 Å². The van der Waals surface area contributed by atoms with Gasteiger partial charge in [-0.1, -0.05) is 39.0 Å². The van der Waals surface area contributed by atoms with Crippen molar-refractivity contribution in [2.45, 2.75) is 95.6 Å². The molecule has 7 nitrogen and oxygen atoms in total. The summed E-state index contributed by atoms with van der Waals surface area (Å²) >= 11 is 0. The van der Waals surface area contributed by atoms with Crippen LogP contribution in [-0.4, -0.2) is 72.6 Å². The Morgan fingerprint density at radius 3 is 2.44 bits per heavy atom. The number of carbonyl (C=O) groups is 2. The van der Waals surface area contributed by atoms with Crippen LogP contribution in [-0.2, 0) is 14.3 Å². The molecule has 4 aliphatic rings. The molecule has 2 heterocycles. The van der Waals surface area contributed by atoms with Gasteiger partial charge in [0.05, 0.1) is 19.3 Å². The molecule has 190 valence electrons.